The molecule has 2 aliphatic heterocycles. The number of nitrogens with zero attached hydrogens (tertiary/aromatic N) is 4. The predicted molar refractivity (Wildman–Crippen MR) is 153 cm³/mol. The lowest BCUT2D eigenvalue weighted by Gasteiger charge is -2.37. The van der Waals surface area contributed by atoms with Crippen LogP contribution in [0.5, 0.6) is 0 Å². The summed E-state index contributed by atoms with van der Waals surface area (Å²) in [5.74, 6) is 0.499. The molecule has 4 heterocycles. The SMILES string of the molecule is O=C(O)c1ccc(-c2noc(N3C4CCC3CC(OCc3c(-c5c(Cl)cccc5Cl)noc3C3CC3)C4)n2)cc1Cl. The van der Waals surface area contributed by atoms with Gasteiger partial charge in [0.25, 0.3) is 0 Å². The number of piperidine rings is 1. The molecule has 1 aliphatic carbocycles. The fraction of sp³-hybridized carbons (Fsp3) is 0.379. The molecule has 2 saturated heterocycles. The van der Waals surface area contributed by atoms with Gasteiger partial charge in [-0.1, -0.05) is 57.2 Å². The maximum Gasteiger partial charge on any atom is 0.337 e. The summed E-state index contributed by atoms with van der Waals surface area (Å²) in [7, 11) is 0. The van der Waals surface area contributed by atoms with E-state index >= 15 is 0 Å². The number of carboxylic acid groups (broad SMARTS) is 1. The number of aromatic carboxylic acids is 1. The molecule has 2 atom stereocenters. The number of aromatic nitrogens is 3. The lowest BCUT2D eigenvalue weighted by Crippen LogP contribution is -2.45. The zero-order valence-corrected chi connectivity index (χ0v) is 24.0. The Kier molecular flexibility index (Phi) is 6.93. The van der Waals surface area contributed by atoms with Gasteiger partial charge < -0.3 is 23.8 Å². The summed E-state index contributed by atoms with van der Waals surface area (Å²) in [6, 6.07) is 10.9. The molecular weight excluding hydrogens is 591 g/mol. The zero-order chi connectivity index (χ0) is 28.2. The summed E-state index contributed by atoms with van der Waals surface area (Å²) in [4.78, 5) is 18.1. The largest absolute Gasteiger partial charge is 0.478 e. The van der Waals surface area contributed by atoms with Crippen LogP contribution in [0.3, 0.4) is 0 Å². The minimum atomic E-state index is -1.09. The van der Waals surface area contributed by atoms with E-state index in [1.807, 2.05) is 6.07 Å². The highest BCUT2D eigenvalue weighted by molar-refractivity contribution is 6.39. The van der Waals surface area contributed by atoms with Crippen LogP contribution in [0.2, 0.25) is 15.1 Å². The molecule has 2 unspecified atom stereocenters. The van der Waals surface area contributed by atoms with Crippen molar-refractivity contribution in [3.8, 4) is 22.6 Å². The van der Waals surface area contributed by atoms with Gasteiger partial charge in [-0.25, -0.2) is 4.79 Å². The van der Waals surface area contributed by atoms with Crippen LogP contribution >= 0.6 is 34.8 Å². The molecule has 3 fully saturated rings. The monoisotopic (exact) mass is 614 g/mol. The van der Waals surface area contributed by atoms with Gasteiger partial charge in [-0.15, -0.1) is 0 Å². The summed E-state index contributed by atoms with van der Waals surface area (Å²) in [6.07, 6.45) is 5.83. The van der Waals surface area contributed by atoms with E-state index in [4.69, 9.17) is 48.6 Å². The zero-order valence-electron chi connectivity index (χ0n) is 21.7. The van der Waals surface area contributed by atoms with Gasteiger partial charge in [0.05, 0.1) is 33.3 Å². The van der Waals surface area contributed by atoms with E-state index in [2.05, 4.69) is 20.2 Å². The maximum absolute atomic E-state index is 11.3. The van der Waals surface area contributed by atoms with Crippen LogP contribution in [0.25, 0.3) is 22.6 Å². The molecule has 2 aromatic carbocycles. The number of halogens is 3. The molecule has 212 valence electrons. The quantitative estimate of drug-likeness (QED) is 0.213. The maximum atomic E-state index is 11.3. The number of hydrogen-bond acceptors (Lipinski definition) is 8. The minimum absolute atomic E-state index is 0.0248. The first-order chi connectivity index (χ1) is 19.9. The van der Waals surface area contributed by atoms with Gasteiger partial charge in [-0.3, -0.25) is 0 Å². The smallest absolute Gasteiger partial charge is 0.337 e. The van der Waals surface area contributed by atoms with Crippen molar-refractivity contribution in [3.63, 3.8) is 0 Å². The Morgan fingerprint density at radius 3 is 2.37 bits per heavy atom. The van der Waals surface area contributed by atoms with Gasteiger partial charge in [0, 0.05) is 34.7 Å². The van der Waals surface area contributed by atoms with Crippen molar-refractivity contribution in [2.45, 2.75) is 69.2 Å². The van der Waals surface area contributed by atoms with Crippen LogP contribution < -0.4 is 4.90 Å². The third-order valence-corrected chi connectivity index (χ3v) is 9.16. The molecule has 2 aromatic heterocycles. The van der Waals surface area contributed by atoms with Gasteiger partial charge in [-0.05, 0) is 62.8 Å². The van der Waals surface area contributed by atoms with Crippen LogP contribution in [0.4, 0.5) is 6.01 Å². The molecule has 9 nitrogen and oxygen atoms in total. The molecule has 41 heavy (non-hydrogen) atoms. The van der Waals surface area contributed by atoms with Crippen molar-refractivity contribution < 1.29 is 23.7 Å². The van der Waals surface area contributed by atoms with Gasteiger partial charge in [0.15, 0.2) is 0 Å². The Hall–Kier alpha value is -3.11. The van der Waals surface area contributed by atoms with Crippen molar-refractivity contribution in [1.29, 1.82) is 0 Å². The van der Waals surface area contributed by atoms with Gasteiger partial charge >= 0.3 is 12.0 Å². The first kappa shape index (κ1) is 26.8. The number of ether oxygens (including phenoxy) is 1. The van der Waals surface area contributed by atoms with Gasteiger partial charge in [-0.2, -0.15) is 4.98 Å². The summed E-state index contributed by atoms with van der Waals surface area (Å²) >= 11 is 19.2. The first-order valence-corrected chi connectivity index (χ1v) is 14.7. The van der Waals surface area contributed by atoms with Crippen LogP contribution in [-0.2, 0) is 11.3 Å². The Balaban J connectivity index is 1.07. The minimum Gasteiger partial charge on any atom is -0.478 e. The summed E-state index contributed by atoms with van der Waals surface area (Å²) in [5.41, 5.74) is 2.86. The lowest BCUT2D eigenvalue weighted by molar-refractivity contribution is 0.0138. The van der Waals surface area contributed by atoms with E-state index < -0.39 is 5.97 Å². The van der Waals surface area contributed by atoms with Crippen molar-refractivity contribution >= 4 is 46.8 Å². The standard InChI is InChI=1S/C29H25Cl3N4O5/c30-21-2-1-3-22(31)24(21)25-20(26(40-34-25)14-4-5-14)13-39-18-11-16-7-8-17(12-18)36(16)29-33-27(35-41-29)15-6-9-19(28(37)38)23(32)10-15/h1-3,6,9-10,14,16-18H,4-5,7-8,11-13H2,(H,37,38). The third kappa shape index (κ3) is 4.99. The number of rotatable bonds is 8. The second kappa shape index (κ2) is 10.6. The number of carboxylic acids is 1. The molecular formula is C29H25Cl3N4O5. The predicted octanol–water partition coefficient (Wildman–Crippen LogP) is 7.64. The van der Waals surface area contributed by atoms with Crippen LogP contribution in [-0.4, -0.2) is 44.6 Å². The van der Waals surface area contributed by atoms with E-state index in [-0.39, 0.29) is 28.8 Å². The van der Waals surface area contributed by atoms with Crippen molar-refractivity contribution in [2.75, 3.05) is 4.90 Å². The average molecular weight is 616 g/mol. The molecule has 7 rings (SSSR count). The van der Waals surface area contributed by atoms with Crippen LogP contribution in [0.1, 0.15) is 66.1 Å². The molecule has 0 amide bonds. The fourth-order valence-corrected chi connectivity index (χ4v) is 6.93. The number of anilines is 1. The van der Waals surface area contributed by atoms with Crippen molar-refractivity contribution in [2.24, 2.45) is 0 Å². The summed E-state index contributed by atoms with van der Waals surface area (Å²) < 4.78 is 18.0. The summed E-state index contributed by atoms with van der Waals surface area (Å²) in [5, 5.41) is 18.9. The second-order valence-electron chi connectivity index (χ2n) is 10.8. The Morgan fingerprint density at radius 2 is 1.71 bits per heavy atom. The number of fused-ring (bicyclic) bond motifs is 2. The molecule has 0 radical (unpaired) electrons. The van der Waals surface area contributed by atoms with E-state index in [9.17, 15) is 9.90 Å². The fourth-order valence-electron chi connectivity index (χ4n) is 6.09. The molecule has 12 heteroatoms. The number of carbonyl (C=O) groups is 1. The van der Waals surface area contributed by atoms with E-state index in [0.29, 0.717) is 51.2 Å². The van der Waals surface area contributed by atoms with Gasteiger partial charge in [0.1, 0.15) is 11.5 Å². The van der Waals surface area contributed by atoms with Crippen LogP contribution in [0.15, 0.2) is 45.4 Å². The third-order valence-electron chi connectivity index (χ3n) is 8.21. The van der Waals surface area contributed by atoms with Crippen molar-refractivity contribution in [3.05, 3.63) is 68.4 Å². The first-order valence-electron chi connectivity index (χ1n) is 13.6. The molecule has 0 spiro atoms. The Bertz CT molecular complexity index is 1600. The second-order valence-corrected chi connectivity index (χ2v) is 12.1. The highest BCUT2D eigenvalue weighted by atomic mass is 35.5. The topological polar surface area (TPSA) is 115 Å². The molecule has 1 saturated carbocycles. The molecule has 3 aliphatic rings. The van der Waals surface area contributed by atoms with E-state index in [1.165, 1.54) is 6.07 Å². The number of benzene rings is 2. The van der Waals surface area contributed by atoms with Crippen LogP contribution in [0, 0.1) is 0 Å². The highest BCUT2D eigenvalue weighted by Gasteiger charge is 2.44. The van der Waals surface area contributed by atoms with Crippen molar-refractivity contribution in [1.82, 2.24) is 15.3 Å². The molecule has 1 N–H and O–H groups in total. The van der Waals surface area contributed by atoms with E-state index in [1.54, 1.807) is 24.3 Å². The van der Waals surface area contributed by atoms with E-state index in [0.717, 1.165) is 49.8 Å². The Labute approximate surface area is 250 Å². The molecule has 2 bridgehead atoms. The summed E-state index contributed by atoms with van der Waals surface area (Å²) in [6.45, 7) is 0.369. The lowest BCUT2D eigenvalue weighted by atomic mass is 9.99. The molecule has 4 aromatic rings. The highest BCUT2D eigenvalue weighted by Crippen LogP contribution is 2.47. The number of hydrogen-bond donors (Lipinski definition) is 1. The van der Waals surface area contributed by atoms with Gasteiger partial charge in [0.2, 0.25) is 5.82 Å². The normalized spacial score (nSPS) is 21.9. The Morgan fingerprint density at radius 1 is 0.976 bits per heavy atom. The average Bonchev–Trinajstić information content (AvgIpc) is 3.41.